The minimum Gasteiger partial charge on any atom is -0.209 e. The molecule has 1 aliphatic rings. The van der Waals surface area contributed by atoms with Gasteiger partial charge in [-0.3, -0.25) is 0 Å². The molecule has 1 aromatic carbocycles. The number of hydrogen-bond acceptors (Lipinski definition) is 0. The van der Waals surface area contributed by atoms with E-state index >= 15 is 0 Å². The fourth-order valence-electron chi connectivity index (χ4n) is 3.69. The molecule has 0 atom stereocenters. The van der Waals surface area contributed by atoms with Gasteiger partial charge < -0.3 is 0 Å². The van der Waals surface area contributed by atoms with E-state index in [0.29, 0.717) is 17.9 Å². The van der Waals surface area contributed by atoms with Gasteiger partial charge in [-0.05, 0) is 49.5 Å². The molecule has 0 amide bonds. The second-order valence-electron chi connectivity index (χ2n) is 6.95. The topological polar surface area (TPSA) is 0 Å². The molecule has 0 radical (unpaired) electrons. The molecular weight excluding hydrogens is 290 g/mol. The van der Waals surface area contributed by atoms with Gasteiger partial charge in [-0.25, -0.2) is 8.78 Å². The molecule has 23 heavy (non-hydrogen) atoms. The van der Waals surface area contributed by atoms with Gasteiger partial charge in [0.25, 0.3) is 0 Å². The van der Waals surface area contributed by atoms with Crippen LogP contribution in [0.25, 0.3) is 5.83 Å². The lowest BCUT2D eigenvalue weighted by molar-refractivity contribution is 0.308. The lowest BCUT2D eigenvalue weighted by Crippen LogP contribution is -2.13. The van der Waals surface area contributed by atoms with Crippen LogP contribution in [0.5, 0.6) is 0 Å². The van der Waals surface area contributed by atoms with Gasteiger partial charge in [0.15, 0.2) is 5.83 Å². The van der Waals surface area contributed by atoms with Crippen LogP contribution in [0.2, 0.25) is 0 Å². The van der Waals surface area contributed by atoms with Gasteiger partial charge in [0.2, 0.25) is 0 Å². The number of benzene rings is 1. The van der Waals surface area contributed by atoms with Crippen LogP contribution in [0.1, 0.15) is 88.7 Å². The molecule has 0 N–H and O–H groups in total. The standard InChI is InChI=1S/C21H30F2/c1-3-5-7-20(22)21(23)19-14-12-18(13-15-19)17-10-8-16(6-4-2)9-11-17/h12-17H,3-11H2,1-2H3/b21-20+/t16-,17-. The highest BCUT2D eigenvalue weighted by Crippen LogP contribution is 2.38. The molecule has 0 spiro atoms. The molecule has 1 saturated carbocycles. The summed E-state index contributed by atoms with van der Waals surface area (Å²) in [5.41, 5.74) is 1.66. The van der Waals surface area contributed by atoms with Gasteiger partial charge >= 0.3 is 0 Å². The van der Waals surface area contributed by atoms with Crippen molar-refractivity contribution in [3.8, 4) is 0 Å². The summed E-state index contributed by atoms with van der Waals surface area (Å²) in [6.45, 7) is 4.24. The Morgan fingerprint density at radius 3 is 2.17 bits per heavy atom. The van der Waals surface area contributed by atoms with Crippen LogP contribution in [0.15, 0.2) is 30.1 Å². The molecule has 1 fully saturated rings. The number of halogens is 2. The molecule has 2 heteroatoms. The van der Waals surface area contributed by atoms with Gasteiger partial charge in [-0.1, -0.05) is 57.4 Å². The molecule has 128 valence electrons. The largest absolute Gasteiger partial charge is 0.209 e. The average molecular weight is 320 g/mol. The van der Waals surface area contributed by atoms with Gasteiger partial charge in [0, 0.05) is 12.0 Å². The Kier molecular flexibility index (Phi) is 7.26. The van der Waals surface area contributed by atoms with Crippen LogP contribution in [-0.2, 0) is 0 Å². The van der Waals surface area contributed by atoms with Crippen molar-refractivity contribution in [3.63, 3.8) is 0 Å². The summed E-state index contributed by atoms with van der Waals surface area (Å²) < 4.78 is 27.8. The second-order valence-corrected chi connectivity index (χ2v) is 6.95. The zero-order valence-electron chi connectivity index (χ0n) is 14.6. The molecule has 1 aromatic rings. The van der Waals surface area contributed by atoms with Crippen LogP contribution in [0.3, 0.4) is 0 Å². The van der Waals surface area contributed by atoms with Crippen molar-refractivity contribution in [1.82, 2.24) is 0 Å². The molecule has 0 nitrogen and oxygen atoms in total. The van der Waals surface area contributed by atoms with Crippen molar-refractivity contribution in [2.75, 3.05) is 0 Å². The minimum atomic E-state index is -0.684. The molecule has 1 aliphatic carbocycles. The predicted molar refractivity (Wildman–Crippen MR) is 94.7 cm³/mol. The van der Waals surface area contributed by atoms with E-state index in [1.165, 1.54) is 44.1 Å². The predicted octanol–water partition coefficient (Wildman–Crippen LogP) is 7.56. The zero-order valence-corrected chi connectivity index (χ0v) is 14.6. The molecular formula is C21H30F2. The third kappa shape index (κ3) is 5.16. The third-order valence-electron chi connectivity index (χ3n) is 5.17. The van der Waals surface area contributed by atoms with Crippen LogP contribution in [-0.4, -0.2) is 0 Å². The number of unbranched alkanes of at least 4 members (excludes halogenated alkanes) is 1. The fourth-order valence-corrected chi connectivity index (χ4v) is 3.69. The number of rotatable bonds is 7. The summed E-state index contributed by atoms with van der Waals surface area (Å²) in [5, 5.41) is 0. The van der Waals surface area contributed by atoms with Gasteiger partial charge in [0.05, 0.1) is 0 Å². The highest BCUT2D eigenvalue weighted by molar-refractivity contribution is 5.61. The summed E-state index contributed by atoms with van der Waals surface area (Å²) in [4.78, 5) is 0. The van der Waals surface area contributed by atoms with Gasteiger partial charge in [-0.15, -0.1) is 0 Å². The minimum absolute atomic E-state index is 0.200. The molecule has 0 bridgehead atoms. The van der Waals surface area contributed by atoms with E-state index in [1.807, 2.05) is 19.1 Å². The van der Waals surface area contributed by atoms with Crippen LogP contribution in [0, 0.1) is 5.92 Å². The molecule has 0 unspecified atom stereocenters. The lowest BCUT2D eigenvalue weighted by Gasteiger charge is -2.28. The first-order valence-corrected chi connectivity index (χ1v) is 9.30. The molecule has 0 heterocycles. The first-order valence-electron chi connectivity index (χ1n) is 9.30. The lowest BCUT2D eigenvalue weighted by atomic mass is 9.77. The van der Waals surface area contributed by atoms with E-state index in [-0.39, 0.29) is 6.42 Å². The normalized spacial score (nSPS) is 22.8. The fraction of sp³-hybridized carbons (Fsp3) is 0.619. The van der Waals surface area contributed by atoms with Crippen molar-refractivity contribution in [2.45, 2.75) is 77.6 Å². The maximum Gasteiger partial charge on any atom is 0.161 e. The highest BCUT2D eigenvalue weighted by atomic mass is 19.2. The Balaban J connectivity index is 1.97. The maximum absolute atomic E-state index is 14.1. The molecule has 0 aromatic heterocycles. The summed E-state index contributed by atoms with van der Waals surface area (Å²) in [7, 11) is 0. The summed E-state index contributed by atoms with van der Waals surface area (Å²) in [6.07, 6.45) is 9.46. The van der Waals surface area contributed by atoms with Crippen molar-refractivity contribution in [2.24, 2.45) is 5.92 Å². The SMILES string of the molecule is CCCC/C(F)=C(\F)c1ccc([C@H]2CC[C@H](CCC)CC2)cc1. The van der Waals surface area contributed by atoms with E-state index in [4.69, 9.17) is 0 Å². The third-order valence-corrected chi connectivity index (χ3v) is 5.17. The van der Waals surface area contributed by atoms with Crippen molar-refractivity contribution in [3.05, 3.63) is 41.2 Å². The van der Waals surface area contributed by atoms with Crippen molar-refractivity contribution < 1.29 is 8.78 Å². The first kappa shape index (κ1) is 18.2. The van der Waals surface area contributed by atoms with E-state index in [9.17, 15) is 8.78 Å². The summed E-state index contributed by atoms with van der Waals surface area (Å²) in [5.74, 6) is 0.189. The van der Waals surface area contributed by atoms with E-state index in [1.54, 1.807) is 12.1 Å². The quantitative estimate of drug-likeness (QED) is 0.486. The van der Waals surface area contributed by atoms with Crippen molar-refractivity contribution in [1.29, 1.82) is 0 Å². The Hall–Kier alpha value is -1.18. The van der Waals surface area contributed by atoms with E-state index in [0.717, 1.165) is 12.3 Å². The van der Waals surface area contributed by atoms with Gasteiger partial charge in [-0.2, -0.15) is 0 Å². The monoisotopic (exact) mass is 320 g/mol. The second kappa shape index (κ2) is 9.20. The highest BCUT2D eigenvalue weighted by Gasteiger charge is 2.22. The maximum atomic E-state index is 14.1. The molecule has 0 saturated heterocycles. The molecule has 0 aliphatic heterocycles. The number of hydrogen-bond donors (Lipinski definition) is 0. The van der Waals surface area contributed by atoms with Crippen molar-refractivity contribution >= 4 is 5.83 Å². The molecule has 2 rings (SSSR count). The first-order chi connectivity index (χ1) is 11.2. The summed E-state index contributed by atoms with van der Waals surface area (Å²) >= 11 is 0. The Bertz CT molecular complexity index is 493. The van der Waals surface area contributed by atoms with E-state index < -0.39 is 11.7 Å². The Labute approximate surface area is 140 Å². The van der Waals surface area contributed by atoms with Crippen LogP contribution < -0.4 is 0 Å². The Morgan fingerprint density at radius 2 is 1.61 bits per heavy atom. The summed E-state index contributed by atoms with van der Waals surface area (Å²) in [6, 6.07) is 7.47. The average Bonchev–Trinajstić information content (AvgIpc) is 2.60. The smallest absolute Gasteiger partial charge is 0.161 e. The van der Waals surface area contributed by atoms with Crippen LogP contribution >= 0.6 is 0 Å². The van der Waals surface area contributed by atoms with E-state index in [2.05, 4.69) is 6.92 Å². The van der Waals surface area contributed by atoms with Crippen LogP contribution in [0.4, 0.5) is 8.78 Å². The zero-order chi connectivity index (χ0) is 16.7. The Morgan fingerprint density at radius 1 is 0.957 bits per heavy atom. The van der Waals surface area contributed by atoms with Gasteiger partial charge in [0.1, 0.15) is 5.83 Å². The number of allylic oxidation sites excluding steroid dienone is 1.